The summed E-state index contributed by atoms with van der Waals surface area (Å²) >= 11 is 0. The molecule has 0 bridgehead atoms. The third kappa shape index (κ3) is 7.28. The number of nitrogens with one attached hydrogen (secondary N) is 2. The SMILES string of the molecule is CCCCCC(OCC)c1[nH]c2ccccc2c1CC(NC(=O)OC(C)(C)C)C(=O)O. The van der Waals surface area contributed by atoms with Crippen molar-refractivity contribution in [1.82, 2.24) is 10.3 Å². The minimum Gasteiger partial charge on any atom is -0.480 e. The Hall–Kier alpha value is -2.54. The molecule has 2 unspecified atom stereocenters. The van der Waals surface area contributed by atoms with Crippen LogP contribution in [0.5, 0.6) is 0 Å². The summed E-state index contributed by atoms with van der Waals surface area (Å²) in [5.41, 5.74) is 1.96. The molecular weight excluding hydrogens is 396 g/mol. The van der Waals surface area contributed by atoms with Gasteiger partial charge in [-0.25, -0.2) is 9.59 Å². The van der Waals surface area contributed by atoms with E-state index in [2.05, 4.69) is 17.2 Å². The van der Waals surface area contributed by atoms with Crippen LogP contribution in [0.3, 0.4) is 0 Å². The van der Waals surface area contributed by atoms with Crippen LogP contribution in [0.4, 0.5) is 4.79 Å². The van der Waals surface area contributed by atoms with Crippen molar-refractivity contribution in [2.24, 2.45) is 0 Å². The molecule has 0 saturated carbocycles. The van der Waals surface area contributed by atoms with Crippen molar-refractivity contribution in [2.45, 2.75) is 84.5 Å². The molecule has 3 N–H and O–H groups in total. The van der Waals surface area contributed by atoms with Crippen LogP contribution in [-0.2, 0) is 20.7 Å². The molecule has 0 saturated heterocycles. The first-order valence-electron chi connectivity index (χ1n) is 11.1. The van der Waals surface area contributed by atoms with E-state index in [1.54, 1.807) is 20.8 Å². The lowest BCUT2D eigenvalue weighted by molar-refractivity contribution is -0.139. The Bertz CT molecular complexity index is 868. The Morgan fingerprint density at radius 1 is 1.16 bits per heavy atom. The highest BCUT2D eigenvalue weighted by Gasteiger charge is 2.28. The van der Waals surface area contributed by atoms with Crippen molar-refractivity contribution in [3.05, 3.63) is 35.5 Å². The molecule has 0 aliphatic carbocycles. The number of carboxylic acid groups (broad SMARTS) is 1. The van der Waals surface area contributed by atoms with E-state index in [-0.39, 0.29) is 12.5 Å². The number of carboxylic acids is 1. The van der Waals surface area contributed by atoms with Crippen LogP contribution < -0.4 is 5.32 Å². The van der Waals surface area contributed by atoms with Gasteiger partial charge in [-0.3, -0.25) is 0 Å². The van der Waals surface area contributed by atoms with Crippen molar-refractivity contribution >= 4 is 23.0 Å². The molecule has 2 rings (SSSR count). The summed E-state index contributed by atoms with van der Waals surface area (Å²) in [6.45, 7) is 9.89. The van der Waals surface area contributed by atoms with Gasteiger partial charge in [0.1, 0.15) is 11.6 Å². The lowest BCUT2D eigenvalue weighted by Crippen LogP contribution is -2.44. The number of carbonyl (C=O) groups excluding carboxylic acids is 1. The van der Waals surface area contributed by atoms with E-state index in [4.69, 9.17) is 9.47 Å². The summed E-state index contributed by atoms with van der Waals surface area (Å²) in [4.78, 5) is 27.7. The normalized spacial score (nSPS) is 13.7. The number of hydrogen-bond donors (Lipinski definition) is 3. The molecule has 2 atom stereocenters. The minimum atomic E-state index is -1.12. The summed E-state index contributed by atoms with van der Waals surface area (Å²) in [5, 5.41) is 13.2. The Kier molecular flexibility index (Phi) is 8.92. The first-order valence-corrected chi connectivity index (χ1v) is 11.1. The van der Waals surface area contributed by atoms with Crippen molar-refractivity contribution in [3.8, 4) is 0 Å². The number of unbranched alkanes of at least 4 members (excludes halogenated alkanes) is 2. The number of H-pyrrole nitrogens is 1. The topological polar surface area (TPSA) is 101 Å². The maximum atomic E-state index is 12.2. The molecule has 172 valence electrons. The summed E-state index contributed by atoms with van der Waals surface area (Å²) in [6, 6.07) is 6.67. The second-order valence-corrected chi connectivity index (χ2v) is 8.74. The molecule has 7 nitrogen and oxygen atoms in total. The zero-order valence-corrected chi connectivity index (χ0v) is 19.3. The van der Waals surface area contributed by atoms with Crippen LogP contribution in [0.2, 0.25) is 0 Å². The van der Waals surface area contributed by atoms with Crippen molar-refractivity contribution in [3.63, 3.8) is 0 Å². The van der Waals surface area contributed by atoms with Gasteiger partial charge in [-0.05, 0) is 45.7 Å². The number of ether oxygens (including phenoxy) is 2. The smallest absolute Gasteiger partial charge is 0.408 e. The van der Waals surface area contributed by atoms with E-state index in [0.29, 0.717) is 6.61 Å². The van der Waals surface area contributed by atoms with Gasteiger partial charge in [-0.1, -0.05) is 44.4 Å². The first-order chi connectivity index (χ1) is 14.7. The van der Waals surface area contributed by atoms with Gasteiger partial charge in [0.25, 0.3) is 0 Å². The zero-order chi connectivity index (χ0) is 23.0. The highest BCUT2D eigenvalue weighted by Crippen LogP contribution is 2.32. The maximum Gasteiger partial charge on any atom is 0.408 e. The number of amides is 1. The number of hydrogen-bond acceptors (Lipinski definition) is 4. The molecule has 1 amide bonds. The van der Waals surface area contributed by atoms with Crippen LogP contribution in [0.1, 0.15) is 77.7 Å². The Morgan fingerprint density at radius 3 is 2.48 bits per heavy atom. The second-order valence-electron chi connectivity index (χ2n) is 8.74. The fourth-order valence-electron chi connectivity index (χ4n) is 3.66. The van der Waals surface area contributed by atoms with Gasteiger partial charge in [0.15, 0.2) is 0 Å². The maximum absolute atomic E-state index is 12.2. The summed E-state index contributed by atoms with van der Waals surface area (Å²) < 4.78 is 11.3. The van der Waals surface area contributed by atoms with Crippen molar-refractivity contribution < 1.29 is 24.2 Å². The second kappa shape index (κ2) is 11.2. The number of carbonyl (C=O) groups is 2. The molecule has 1 aromatic heterocycles. The Morgan fingerprint density at radius 2 is 1.87 bits per heavy atom. The van der Waals surface area contributed by atoms with Crippen LogP contribution in [0.25, 0.3) is 10.9 Å². The first kappa shape index (κ1) is 24.7. The molecule has 1 heterocycles. The molecule has 2 aromatic rings. The van der Waals surface area contributed by atoms with Crippen LogP contribution >= 0.6 is 0 Å². The van der Waals surface area contributed by atoms with Crippen molar-refractivity contribution in [2.75, 3.05) is 6.61 Å². The number of alkyl carbamates (subject to hydrolysis) is 1. The van der Waals surface area contributed by atoms with Gasteiger partial charge in [-0.15, -0.1) is 0 Å². The van der Waals surface area contributed by atoms with Gasteiger partial charge < -0.3 is 24.9 Å². The van der Waals surface area contributed by atoms with Gasteiger partial charge in [-0.2, -0.15) is 0 Å². The van der Waals surface area contributed by atoms with Crippen LogP contribution in [0, 0.1) is 0 Å². The number of aromatic nitrogens is 1. The number of benzene rings is 1. The largest absolute Gasteiger partial charge is 0.480 e. The number of fused-ring (bicyclic) bond motifs is 1. The molecule has 1 aromatic carbocycles. The van der Waals surface area contributed by atoms with E-state index in [9.17, 15) is 14.7 Å². The summed E-state index contributed by atoms with van der Waals surface area (Å²) in [5.74, 6) is -1.11. The average Bonchev–Trinajstić information content (AvgIpc) is 3.04. The number of para-hydroxylation sites is 1. The lowest BCUT2D eigenvalue weighted by atomic mass is 9.97. The molecule has 0 spiro atoms. The van der Waals surface area contributed by atoms with E-state index < -0.39 is 23.7 Å². The zero-order valence-electron chi connectivity index (χ0n) is 19.3. The lowest BCUT2D eigenvalue weighted by Gasteiger charge is -2.23. The number of aromatic amines is 1. The van der Waals surface area contributed by atoms with Gasteiger partial charge in [0.05, 0.1) is 6.10 Å². The number of aliphatic carboxylic acids is 1. The summed E-state index contributed by atoms with van der Waals surface area (Å²) in [6.07, 6.45) is 3.31. The molecule has 0 aliphatic rings. The molecule has 7 heteroatoms. The highest BCUT2D eigenvalue weighted by molar-refractivity contribution is 5.87. The molecule has 0 aliphatic heterocycles. The van der Waals surface area contributed by atoms with E-state index in [0.717, 1.165) is 47.8 Å². The average molecular weight is 433 g/mol. The van der Waals surface area contributed by atoms with E-state index in [1.807, 2.05) is 31.2 Å². The quantitative estimate of drug-likeness (QED) is 0.416. The van der Waals surface area contributed by atoms with E-state index >= 15 is 0 Å². The van der Waals surface area contributed by atoms with Gasteiger partial charge in [0.2, 0.25) is 0 Å². The van der Waals surface area contributed by atoms with Crippen LogP contribution in [0.15, 0.2) is 24.3 Å². The Labute approximate surface area is 184 Å². The predicted octanol–water partition coefficient (Wildman–Crippen LogP) is 5.35. The summed E-state index contributed by atoms with van der Waals surface area (Å²) in [7, 11) is 0. The van der Waals surface area contributed by atoms with Gasteiger partial charge in [0, 0.05) is 29.6 Å². The fourth-order valence-corrected chi connectivity index (χ4v) is 3.66. The van der Waals surface area contributed by atoms with Gasteiger partial charge >= 0.3 is 12.1 Å². The predicted molar refractivity (Wildman–Crippen MR) is 121 cm³/mol. The highest BCUT2D eigenvalue weighted by atomic mass is 16.6. The van der Waals surface area contributed by atoms with Crippen LogP contribution in [-0.4, -0.2) is 40.4 Å². The third-order valence-corrected chi connectivity index (χ3v) is 5.00. The minimum absolute atomic E-state index is 0.130. The fraction of sp³-hybridized carbons (Fsp3) is 0.583. The Balaban J connectivity index is 2.37. The van der Waals surface area contributed by atoms with Crippen molar-refractivity contribution in [1.29, 1.82) is 0 Å². The van der Waals surface area contributed by atoms with E-state index in [1.165, 1.54) is 0 Å². The monoisotopic (exact) mass is 432 g/mol. The number of rotatable bonds is 11. The standard InChI is InChI=1S/C24H36N2O5/c1-6-8-9-14-20(30-7-2)21-17(16-12-10-11-13-18(16)25-21)15-19(22(27)28)26-23(29)31-24(3,4)5/h10-13,19-20,25H,6-9,14-15H2,1-5H3,(H,26,29)(H,27,28). The third-order valence-electron chi connectivity index (χ3n) is 5.00. The molecule has 31 heavy (non-hydrogen) atoms. The molecule has 0 fully saturated rings. The molecular formula is C24H36N2O5. The molecule has 0 radical (unpaired) electrons.